The molecule has 0 saturated heterocycles. The van der Waals surface area contributed by atoms with Crippen LogP contribution in [0.1, 0.15) is 48.7 Å². The summed E-state index contributed by atoms with van der Waals surface area (Å²) in [6, 6.07) is 33.8. The number of ketones is 1. The highest BCUT2D eigenvalue weighted by Gasteiger charge is 2.21. The van der Waals surface area contributed by atoms with Crippen LogP contribution in [0.2, 0.25) is 0 Å². The summed E-state index contributed by atoms with van der Waals surface area (Å²) in [5.41, 5.74) is 11.8. The molecule has 0 fully saturated rings. The first-order valence-corrected chi connectivity index (χ1v) is 12.7. The number of esters is 1. The summed E-state index contributed by atoms with van der Waals surface area (Å²) in [4.78, 5) is 32.6. The highest BCUT2D eigenvalue weighted by Crippen LogP contribution is 2.31. The Bertz CT molecular complexity index is 1500. The van der Waals surface area contributed by atoms with Crippen molar-refractivity contribution in [1.82, 2.24) is 9.97 Å². The van der Waals surface area contributed by atoms with Crippen molar-refractivity contribution in [3.63, 3.8) is 0 Å². The van der Waals surface area contributed by atoms with E-state index in [0.717, 1.165) is 33.9 Å². The second kappa shape index (κ2) is 12.2. The number of hydrogen-bond donors (Lipinski definition) is 2. The maximum atomic E-state index is 12.9. The first kappa shape index (κ1) is 25.8. The van der Waals surface area contributed by atoms with Gasteiger partial charge in [0.1, 0.15) is 6.61 Å². The van der Waals surface area contributed by atoms with E-state index in [4.69, 9.17) is 10.5 Å². The van der Waals surface area contributed by atoms with E-state index in [1.807, 2.05) is 84.9 Å². The lowest BCUT2D eigenvalue weighted by Crippen LogP contribution is -2.32. The van der Waals surface area contributed by atoms with Gasteiger partial charge < -0.3 is 15.5 Å². The molecule has 0 aliphatic carbocycles. The van der Waals surface area contributed by atoms with Crippen LogP contribution in [-0.2, 0) is 17.8 Å². The number of nitrogens with two attached hydrogens (primary N) is 1. The number of H-pyrrole nitrogens is 1. The van der Waals surface area contributed by atoms with Crippen molar-refractivity contribution < 1.29 is 14.3 Å². The molecule has 0 saturated carbocycles. The largest absolute Gasteiger partial charge is 0.457 e. The molecular formula is C33H28N3O3. The number of aromatic nitrogens is 2. The molecule has 1 aromatic heterocycles. The topological polar surface area (TPSA) is 98.1 Å². The Morgan fingerprint density at radius 2 is 1.26 bits per heavy atom. The van der Waals surface area contributed by atoms with E-state index in [1.54, 1.807) is 36.8 Å². The van der Waals surface area contributed by atoms with Gasteiger partial charge in [0, 0.05) is 18.2 Å². The second-order valence-corrected chi connectivity index (χ2v) is 9.19. The Kier molecular flexibility index (Phi) is 8.05. The summed E-state index contributed by atoms with van der Waals surface area (Å²) in [5, 5.41) is 0. The molecule has 6 nitrogen and oxygen atoms in total. The summed E-state index contributed by atoms with van der Waals surface area (Å²) in [6.07, 6.45) is 3.68. The van der Waals surface area contributed by atoms with Gasteiger partial charge in [-0.05, 0) is 34.4 Å². The molecule has 0 amide bonds. The summed E-state index contributed by atoms with van der Waals surface area (Å²) in [7, 11) is 0. The standard InChI is InChI=1S/C33H28N3O3/c34-30(19-29-20-35-22-36-29)32(37)27-15-11-25(12-16-27)31(24-9-5-2-6-10-24)26-13-17-28(18-14-26)33(38)39-21-23-7-3-1-4-8-23/h1-18,20,22,30H,19,21,34H2,(H,35,36)/t30-/m0/s1. The van der Waals surface area contributed by atoms with E-state index in [0.29, 0.717) is 17.5 Å². The minimum atomic E-state index is -0.675. The monoisotopic (exact) mass is 514 g/mol. The van der Waals surface area contributed by atoms with Crippen molar-refractivity contribution in [1.29, 1.82) is 0 Å². The van der Waals surface area contributed by atoms with Crippen LogP contribution in [0.3, 0.4) is 0 Å². The van der Waals surface area contributed by atoms with Gasteiger partial charge >= 0.3 is 5.97 Å². The van der Waals surface area contributed by atoms with Crippen LogP contribution in [-0.4, -0.2) is 27.8 Å². The molecule has 0 bridgehead atoms. The van der Waals surface area contributed by atoms with Gasteiger partial charge in [0.15, 0.2) is 5.78 Å². The molecule has 6 heteroatoms. The van der Waals surface area contributed by atoms with Gasteiger partial charge in [-0.15, -0.1) is 0 Å². The van der Waals surface area contributed by atoms with Gasteiger partial charge in [-0.1, -0.05) is 97.1 Å². The Balaban J connectivity index is 1.34. The van der Waals surface area contributed by atoms with E-state index >= 15 is 0 Å². The number of nitrogens with one attached hydrogen (secondary N) is 1. The molecule has 1 radical (unpaired) electrons. The lowest BCUT2D eigenvalue weighted by Gasteiger charge is -2.19. The first-order chi connectivity index (χ1) is 19.1. The Labute approximate surface area is 227 Å². The van der Waals surface area contributed by atoms with Gasteiger partial charge in [0.25, 0.3) is 0 Å². The van der Waals surface area contributed by atoms with E-state index < -0.39 is 6.04 Å². The Morgan fingerprint density at radius 1 is 0.718 bits per heavy atom. The highest BCUT2D eigenvalue weighted by molar-refractivity contribution is 6.00. The number of aromatic amines is 1. The molecule has 39 heavy (non-hydrogen) atoms. The van der Waals surface area contributed by atoms with Gasteiger partial charge in [-0.3, -0.25) is 4.79 Å². The smallest absolute Gasteiger partial charge is 0.338 e. The molecule has 4 aromatic carbocycles. The average molecular weight is 515 g/mol. The van der Waals surface area contributed by atoms with Crippen LogP contribution in [0.25, 0.3) is 0 Å². The minimum Gasteiger partial charge on any atom is -0.457 e. The molecule has 0 spiro atoms. The number of hydrogen-bond acceptors (Lipinski definition) is 5. The number of imidazole rings is 1. The number of ether oxygens (including phenoxy) is 1. The number of carbonyl (C=O) groups is 2. The maximum absolute atomic E-state index is 12.9. The van der Waals surface area contributed by atoms with Crippen LogP contribution in [0.5, 0.6) is 0 Å². The summed E-state index contributed by atoms with van der Waals surface area (Å²) >= 11 is 0. The third-order valence-corrected chi connectivity index (χ3v) is 6.46. The molecule has 1 heterocycles. The molecule has 5 rings (SSSR count). The van der Waals surface area contributed by atoms with Crippen molar-refractivity contribution in [2.24, 2.45) is 5.73 Å². The van der Waals surface area contributed by atoms with Crippen molar-refractivity contribution in [2.75, 3.05) is 0 Å². The number of nitrogens with zero attached hydrogens (tertiary/aromatic N) is 1. The molecule has 0 unspecified atom stereocenters. The Hall–Kier alpha value is -4.81. The maximum Gasteiger partial charge on any atom is 0.338 e. The zero-order chi connectivity index (χ0) is 27.0. The molecule has 5 aromatic rings. The van der Waals surface area contributed by atoms with Gasteiger partial charge in [-0.2, -0.15) is 0 Å². The third-order valence-electron chi connectivity index (χ3n) is 6.46. The molecule has 1 atom stereocenters. The first-order valence-electron chi connectivity index (χ1n) is 12.7. The van der Waals surface area contributed by atoms with E-state index in [-0.39, 0.29) is 18.4 Å². The van der Waals surface area contributed by atoms with Crippen molar-refractivity contribution >= 4 is 11.8 Å². The zero-order valence-electron chi connectivity index (χ0n) is 21.3. The van der Waals surface area contributed by atoms with E-state index in [9.17, 15) is 9.59 Å². The highest BCUT2D eigenvalue weighted by atomic mass is 16.5. The van der Waals surface area contributed by atoms with Crippen molar-refractivity contribution in [2.45, 2.75) is 19.1 Å². The minimum absolute atomic E-state index is 0.135. The lowest BCUT2D eigenvalue weighted by atomic mass is 9.84. The number of Topliss-reactive ketones (excluding diaryl/α,β-unsaturated/α-hetero) is 1. The van der Waals surface area contributed by atoms with Crippen LogP contribution in [0.4, 0.5) is 0 Å². The van der Waals surface area contributed by atoms with E-state index in [1.165, 1.54) is 0 Å². The van der Waals surface area contributed by atoms with Crippen LogP contribution < -0.4 is 5.73 Å². The molecular weight excluding hydrogens is 486 g/mol. The number of rotatable bonds is 10. The van der Waals surface area contributed by atoms with Crippen molar-refractivity contribution in [3.05, 3.63) is 167 Å². The average Bonchev–Trinajstić information content (AvgIpc) is 3.50. The van der Waals surface area contributed by atoms with Crippen LogP contribution in [0, 0.1) is 5.92 Å². The van der Waals surface area contributed by atoms with Crippen LogP contribution in [0.15, 0.2) is 122 Å². The lowest BCUT2D eigenvalue weighted by molar-refractivity contribution is 0.0472. The third kappa shape index (κ3) is 6.37. The van der Waals surface area contributed by atoms with E-state index in [2.05, 4.69) is 9.97 Å². The van der Waals surface area contributed by atoms with Crippen molar-refractivity contribution in [3.8, 4) is 0 Å². The second-order valence-electron chi connectivity index (χ2n) is 9.19. The molecule has 0 aliphatic heterocycles. The quantitative estimate of drug-likeness (QED) is 0.145. The number of benzene rings is 4. The molecule has 193 valence electrons. The predicted octanol–water partition coefficient (Wildman–Crippen LogP) is 5.54. The zero-order valence-corrected chi connectivity index (χ0v) is 21.3. The fourth-order valence-electron chi connectivity index (χ4n) is 4.42. The fraction of sp³-hybridized carbons (Fsp3) is 0.0909. The van der Waals surface area contributed by atoms with Gasteiger partial charge in [-0.25, -0.2) is 9.78 Å². The summed E-state index contributed by atoms with van der Waals surface area (Å²) in [6.45, 7) is 0.221. The normalized spacial score (nSPS) is 11.7. The van der Waals surface area contributed by atoms with Crippen LogP contribution >= 0.6 is 0 Å². The Morgan fingerprint density at radius 3 is 1.85 bits per heavy atom. The van der Waals surface area contributed by atoms with Gasteiger partial charge in [0.2, 0.25) is 0 Å². The predicted molar refractivity (Wildman–Crippen MR) is 150 cm³/mol. The molecule has 0 aliphatic rings. The van der Waals surface area contributed by atoms with Gasteiger partial charge in [0.05, 0.1) is 29.5 Å². The fourth-order valence-corrected chi connectivity index (χ4v) is 4.42. The summed E-state index contributed by atoms with van der Waals surface area (Å²) < 4.78 is 5.48. The molecule has 3 N–H and O–H groups in total. The SMILES string of the molecule is N[C@@H](Cc1c[nH]cn1)C(=O)c1ccc([C](c2ccccc2)c2ccc(C(=O)OCc3ccccc3)cc2)cc1. The summed E-state index contributed by atoms with van der Waals surface area (Å²) in [5.74, 6) is 0.476. The number of carbonyl (C=O) groups excluding carboxylic acids is 2.